The Bertz CT molecular complexity index is 477. The number of aromatic nitrogens is 1. The second kappa shape index (κ2) is 3.60. The second-order valence-electron chi connectivity index (χ2n) is 5.25. The van der Waals surface area contributed by atoms with E-state index in [-0.39, 0.29) is 0 Å². The van der Waals surface area contributed by atoms with Crippen LogP contribution in [0, 0.1) is 12.3 Å². The zero-order chi connectivity index (χ0) is 11.1. The lowest BCUT2D eigenvalue weighted by molar-refractivity contribution is 0.412. The van der Waals surface area contributed by atoms with E-state index in [1.165, 1.54) is 20.5 Å². The number of pyridine rings is 1. The minimum atomic E-state index is 0.342. The molecule has 2 heteroatoms. The summed E-state index contributed by atoms with van der Waals surface area (Å²) < 4.78 is 1.36. The normalized spacial score (nSPS) is 12.3. The maximum Gasteiger partial charge on any atom is 0.0379 e. The van der Waals surface area contributed by atoms with Gasteiger partial charge in [0.1, 0.15) is 0 Å². The predicted molar refractivity (Wildman–Crippen MR) is 67.5 cm³/mol. The van der Waals surface area contributed by atoms with Gasteiger partial charge in [-0.15, -0.1) is 11.3 Å². The van der Waals surface area contributed by atoms with Crippen molar-refractivity contribution in [1.82, 2.24) is 4.98 Å². The van der Waals surface area contributed by atoms with Gasteiger partial charge in [-0.25, -0.2) is 0 Å². The van der Waals surface area contributed by atoms with Crippen molar-refractivity contribution in [1.29, 1.82) is 0 Å². The van der Waals surface area contributed by atoms with Crippen LogP contribution in [0.5, 0.6) is 0 Å². The summed E-state index contributed by atoms with van der Waals surface area (Å²) in [5.74, 6) is 0. The van der Waals surface area contributed by atoms with Crippen LogP contribution in [0.4, 0.5) is 0 Å². The average molecular weight is 219 g/mol. The molecule has 0 bridgehead atoms. The van der Waals surface area contributed by atoms with Crippen molar-refractivity contribution in [2.45, 2.75) is 34.1 Å². The molecule has 0 aromatic carbocycles. The molecule has 0 saturated heterocycles. The number of thiophene rings is 1. The fraction of sp³-hybridized carbons (Fsp3) is 0.462. The van der Waals surface area contributed by atoms with Crippen LogP contribution in [0.15, 0.2) is 18.5 Å². The highest BCUT2D eigenvalue weighted by Gasteiger charge is 2.16. The molecule has 15 heavy (non-hydrogen) atoms. The van der Waals surface area contributed by atoms with Gasteiger partial charge < -0.3 is 0 Å². The minimum Gasteiger partial charge on any atom is -0.264 e. The van der Waals surface area contributed by atoms with Crippen molar-refractivity contribution in [2.24, 2.45) is 5.41 Å². The first-order valence-electron chi connectivity index (χ1n) is 5.29. The fourth-order valence-electron chi connectivity index (χ4n) is 1.86. The highest BCUT2D eigenvalue weighted by molar-refractivity contribution is 7.19. The Morgan fingerprint density at radius 1 is 1.33 bits per heavy atom. The zero-order valence-electron chi connectivity index (χ0n) is 9.79. The van der Waals surface area contributed by atoms with Crippen molar-refractivity contribution >= 4 is 21.4 Å². The topological polar surface area (TPSA) is 12.9 Å². The first-order valence-corrected chi connectivity index (χ1v) is 6.11. The summed E-state index contributed by atoms with van der Waals surface area (Å²) in [5.41, 5.74) is 1.82. The van der Waals surface area contributed by atoms with Crippen LogP contribution in [0.3, 0.4) is 0 Å². The molecule has 1 nitrogen and oxygen atoms in total. The van der Waals surface area contributed by atoms with Crippen molar-refractivity contribution < 1.29 is 0 Å². The predicted octanol–water partition coefficient (Wildman–Crippen LogP) is 4.19. The van der Waals surface area contributed by atoms with Crippen molar-refractivity contribution in [2.75, 3.05) is 0 Å². The molecule has 0 N–H and O–H groups in total. The Hall–Kier alpha value is -0.890. The Balaban J connectivity index is 2.54. The van der Waals surface area contributed by atoms with Gasteiger partial charge in [-0.3, -0.25) is 4.98 Å². The fourth-order valence-corrected chi connectivity index (χ4v) is 2.91. The van der Waals surface area contributed by atoms with Gasteiger partial charge in [-0.1, -0.05) is 20.8 Å². The van der Waals surface area contributed by atoms with Gasteiger partial charge in [-0.05, 0) is 30.4 Å². The number of fused-ring (bicyclic) bond motifs is 1. The number of rotatable bonds is 1. The van der Waals surface area contributed by atoms with E-state index in [0.29, 0.717) is 5.41 Å². The van der Waals surface area contributed by atoms with Gasteiger partial charge in [-0.2, -0.15) is 0 Å². The molecule has 0 atom stereocenters. The lowest BCUT2D eigenvalue weighted by atomic mass is 9.87. The van der Waals surface area contributed by atoms with E-state index >= 15 is 0 Å². The molecule has 0 aliphatic heterocycles. The monoisotopic (exact) mass is 219 g/mol. The van der Waals surface area contributed by atoms with Crippen LogP contribution >= 0.6 is 11.3 Å². The van der Waals surface area contributed by atoms with Crippen LogP contribution in [0.25, 0.3) is 10.1 Å². The molecule has 2 rings (SSSR count). The molecule has 0 saturated carbocycles. The van der Waals surface area contributed by atoms with E-state index in [1.807, 2.05) is 23.7 Å². The van der Waals surface area contributed by atoms with Crippen LogP contribution in [0.1, 0.15) is 31.2 Å². The Morgan fingerprint density at radius 2 is 2.07 bits per heavy atom. The molecule has 2 aromatic heterocycles. The molecule has 2 aromatic rings. The summed E-state index contributed by atoms with van der Waals surface area (Å²) in [6.07, 6.45) is 5.00. The summed E-state index contributed by atoms with van der Waals surface area (Å²) in [4.78, 5) is 5.66. The van der Waals surface area contributed by atoms with Gasteiger partial charge in [0.15, 0.2) is 0 Å². The van der Waals surface area contributed by atoms with Gasteiger partial charge in [0.25, 0.3) is 0 Å². The molecule has 0 fully saturated rings. The van der Waals surface area contributed by atoms with E-state index in [1.54, 1.807) is 0 Å². The smallest absolute Gasteiger partial charge is 0.0379 e. The Kier molecular flexibility index (Phi) is 2.55. The van der Waals surface area contributed by atoms with E-state index in [2.05, 4.69) is 38.7 Å². The van der Waals surface area contributed by atoms with E-state index in [4.69, 9.17) is 0 Å². The molecular weight excluding hydrogens is 202 g/mol. The first kappa shape index (κ1) is 10.6. The molecule has 80 valence electrons. The van der Waals surface area contributed by atoms with Crippen LogP contribution in [0.2, 0.25) is 0 Å². The van der Waals surface area contributed by atoms with Crippen LogP contribution in [-0.2, 0) is 6.42 Å². The second-order valence-corrected chi connectivity index (χ2v) is 6.50. The molecule has 0 unspecified atom stereocenters. The molecule has 0 spiro atoms. The zero-order valence-corrected chi connectivity index (χ0v) is 10.6. The Morgan fingerprint density at radius 3 is 2.73 bits per heavy atom. The third-order valence-corrected chi connectivity index (χ3v) is 3.63. The van der Waals surface area contributed by atoms with Crippen LogP contribution in [-0.4, -0.2) is 4.98 Å². The largest absolute Gasteiger partial charge is 0.264 e. The third-order valence-electron chi connectivity index (χ3n) is 2.50. The quantitative estimate of drug-likeness (QED) is 0.700. The van der Waals surface area contributed by atoms with E-state index in [9.17, 15) is 0 Å². The number of aryl methyl sites for hydroxylation is 1. The third kappa shape index (κ3) is 2.20. The van der Waals surface area contributed by atoms with E-state index in [0.717, 1.165) is 6.42 Å². The number of hydrogen-bond donors (Lipinski definition) is 0. The summed E-state index contributed by atoms with van der Waals surface area (Å²) in [7, 11) is 0. The standard InChI is InChI=1S/C13H17NS/c1-9-10(7-13(2,3)4)11-8-14-6-5-12(11)15-9/h5-6,8H,7H2,1-4H3. The lowest BCUT2D eigenvalue weighted by Crippen LogP contribution is -2.09. The van der Waals surface area contributed by atoms with Crippen molar-refractivity contribution in [3.8, 4) is 0 Å². The minimum absolute atomic E-state index is 0.342. The maximum atomic E-state index is 4.22. The van der Waals surface area contributed by atoms with Crippen molar-refractivity contribution in [3.63, 3.8) is 0 Å². The SMILES string of the molecule is Cc1sc2ccncc2c1CC(C)(C)C. The molecular formula is C13H17NS. The van der Waals surface area contributed by atoms with Gasteiger partial charge in [0, 0.05) is 27.4 Å². The molecule has 0 radical (unpaired) electrons. The van der Waals surface area contributed by atoms with Crippen LogP contribution < -0.4 is 0 Å². The number of nitrogens with zero attached hydrogens (tertiary/aromatic N) is 1. The van der Waals surface area contributed by atoms with Gasteiger partial charge >= 0.3 is 0 Å². The summed E-state index contributed by atoms with van der Waals surface area (Å²) >= 11 is 1.88. The Labute approximate surface area is 95.2 Å². The molecule has 0 aliphatic carbocycles. The van der Waals surface area contributed by atoms with E-state index < -0.39 is 0 Å². The van der Waals surface area contributed by atoms with Crippen molar-refractivity contribution in [3.05, 3.63) is 28.9 Å². The highest BCUT2D eigenvalue weighted by atomic mass is 32.1. The molecule has 0 aliphatic rings. The highest BCUT2D eigenvalue weighted by Crippen LogP contribution is 2.34. The summed E-state index contributed by atoms with van der Waals surface area (Å²) in [6.45, 7) is 9.07. The summed E-state index contributed by atoms with van der Waals surface area (Å²) in [6, 6.07) is 2.11. The first-order chi connectivity index (χ1) is 6.97. The lowest BCUT2D eigenvalue weighted by Gasteiger charge is -2.18. The number of hydrogen-bond acceptors (Lipinski definition) is 2. The van der Waals surface area contributed by atoms with Gasteiger partial charge in [0.2, 0.25) is 0 Å². The molecule has 0 amide bonds. The average Bonchev–Trinajstić information content (AvgIpc) is 2.41. The summed E-state index contributed by atoms with van der Waals surface area (Å²) in [5, 5.41) is 1.34. The van der Waals surface area contributed by atoms with Gasteiger partial charge in [0.05, 0.1) is 0 Å². The molecule has 2 heterocycles. The maximum absolute atomic E-state index is 4.22.